The number of benzene rings is 1. The molecule has 88 valence electrons. The van der Waals surface area contributed by atoms with Crippen molar-refractivity contribution in [3.8, 4) is 0 Å². The third-order valence-corrected chi connectivity index (χ3v) is 3.69. The Hall–Kier alpha value is -1.84. The van der Waals surface area contributed by atoms with Gasteiger partial charge < -0.3 is 10.0 Å². The standard InChI is InChI=1S/C13H13NO3/c15-12-7-8-3-1-2-4-11(8)14(12)10-5-9(6-10)13(16)17/h1-4,9-10H,5-7H2,(H,16,17). The van der Waals surface area contributed by atoms with Gasteiger partial charge in [0.05, 0.1) is 12.3 Å². The van der Waals surface area contributed by atoms with E-state index in [-0.39, 0.29) is 17.9 Å². The monoisotopic (exact) mass is 231 g/mol. The van der Waals surface area contributed by atoms with Crippen molar-refractivity contribution in [3.63, 3.8) is 0 Å². The fraction of sp³-hybridized carbons (Fsp3) is 0.385. The largest absolute Gasteiger partial charge is 0.481 e. The molecule has 0 bridgehead atoms. The second-order valence-electron chi connectivity index (χ2n) is 4.73. The van der Waals surface area contributed by atoms with E-state index in [0.29, 0.717) is 19.3 Å². The number of carboxylic acids is 1. The first-order chi connectivity index (χ1) is 8.16. The van der Waals surface area contributed by atoms with E-state index in [2.05, 4.69) is 0 Å². The molecule has 1 aliphatic heterocycles. The molecule has 0 radical (unpaired) electrons. The molecule has 0 spiro atoms. The molecule has 0 atom stereocenters. The van der Waals surface area contributed by atoms with Crippen molar-refractivity contribution in [2.45, 2.75) is 25.3 Å². The molecule has 0 saturated heterocycles. The van der Waals surface area contributed by atoms with E-state index in [1.807, 2.05) is 24.3 Å². The Balaban J connectivity index is 1.81. The Morgan fingerprint density at radius 1 is 1.29 bits per heavy atom. The van der Waals surface area contributed by atoms with Gasteiger partial charge in [0, 0.05) is 11.7 Å². The molecule has 1 aromatic carbocycles. The molecule has 1 heterocycles. The molecular formula is C13H13NO3. The van der Waals surface area contributed by atoms with Crippen LogP contribution >= 0.6 is 0 Å². The normalized spacial score (nSPS) is 26.6. The van der Waals surface area contributed by atoms with E-state index in [4.69, 9.17) is 5.11 Å². The summed E-state index contributed by atoms with van der Waals surface area (Å²) in [5.41, 5.74) is 2.02. The van der Waals surface area contributed by atoms with Crippen LogP contribution < -0.4 is 4.90 Å². The van der Waals surface area contributed by atoms with Crippen molar-refractivity contribution in [2.24, 2.45) is 5.92 Å². The Morgan fingerprint density at radius 3 is 2.71 bits per heavy atom. The lowest BCUT2D eigenvalue weighted by atomic mass is 9.79. The lowest BCUT2D eigenvalue weighted by molar-refractivity contribution is -0.145. The van der Waals surface area contributed by atoms with Gasteiger partial charge in [-0.2, -0.15) is 0 Å². The lowest BCUT2D eigenvalue weighted by Crippen LogP contribution is -2.48. The zero-order chi connectivity index (χ0) is 12.0. The number of carbonyl (C=O) groups is 2. The molecule has 4 nitrogen and oxygen atoms in total. The fourth-order valence-corrected chi connectivity index (χ4v) is 2.68. The van der Waals surface area contributed by atoms with E-state index in [0.717, 1.165) is 11.3 Å². The summed E-state index contributed by atoms with van der Waals surface area (Å²) in [7, 11) is 0. The van der Waals surface area contributed by atoms with Crippen LogP contribution in [0, 0.1) is 5.92 Å². The molecule has 1 fully saturated rings. The van der Waals surface area contributed by atoms with E-state index in [9.17, 15) is 9.59 Å². The first-order valence-corrected chi connectivity index (χ1v) is 5.79. The quantitative estimate of drug-likeness (QED) is 0.837. The first kappa shape index (κ1) is 10.3. The number of carboxylic acid groups (broad SMARTS) is 1. The number of fused-ring (bicyclic) bond motifs is 1. The maximum Gasteiger partial charge on any atom is 0.306 e. The average Bonchev–Trinajstić information content (AvgIpc) is 2.53. The molecule has 2 aliphatic rings. The number of para-hydroxylation sites is 1. The molecule has 1 saturated carbocycles. The number of nitrogens with zero attached hydrogens (tertiary/aromatic N) is 1. The molecule has 1 aromatic rings. The van der Waals surface area contributed by atoms with Gasteiger partial charge in [-0.05, 0) is 24.5 Å². The molecule has 4 heteroatoms. The fourth-order valence-electron chi connectivity index (χ4n) is 2.68. The lowest BCUT2D eigenvalue weighted by Gasteiger charge is -2.39. The molecule has 0 aromatic heterocycles. The van der Waals surface area contributed by atoms with E-state index < -0.39 is 5.97 Å². The molecule has 3 rings (SSSR count). The maximum absolute atomic E-state index is 11.9. The second kappa shape index (κ2) is 3.58. The minimum atomic E-state index is -0.749. The van der Waals surface area contributed by atoms with Crippen LogP contribution in [-0.4, -0.2) is 23.0 Å². The van der Waals surface area contributed by atoms with E-state index in [1.54, 1.807) is 4.90 Å². The van der Waals surface area contributed by atoms with Gasteiger partial charge in [0.15, 0.2) is 0 Å². The topological polar surface area (TPSA) is 57.6 Å². The van der Waals surface area contributed by atoms with Crippen LogP contribution in [0.3, 0.4) is 0 Å². The van der Waals surface area contributed by atoms with Crippen LogP contribution in [-0.2, 0) is 16.0 Å². The summed E-state index contributed by atoms with van der Waals surface area (Å²) in [4.78, 5) is 24.5. The van der Waals surface area contributed by atoms with Crippen LogP contribution in [0.2, 0.25) is 0 Å². The van der Waals surface area contributed by atoms with Crippen LogP contribution in [0.25, 0.3) is 0 Å². The zero-order valence-electron chi connectivity index (χ0n) is 9.30. The van der Waals surface area contributed by atoms with Crippen molar-refractivity contribution in [2.75, 3.05) is 4.90 Å². The summed E-state index contributed by atoms with van der Waals surface area (Å²) in [5, 5.41) is 8.85. The molecule has 1 amide bonds. The smallest absolute Gasteiger partial charge is 0.306 e. The van der Waals surface area contributed by atoms with Crippen LogP contribution in [0.4, 0.5) is 5.69 Å². The predicted octanol–water partition coefficient (Wildman–Crippen LogP) is 1.44. The molecule has 17 heavy (non-hydrogen) atoms. The van der Waals surface area contributed by atoms with Gasteiger partial charge in [0.2, 0.25) is 5.91 Å². The van der Waals surface area contributed by atoms with Gasteiger partial charge in [0.25, 0.3) is 0 Å². The van der Waals surface area contributed by atoms with Crippen molar-refractivity contribution < 1.29 is 14.7 Å². The summed E-state index contributed by atoms with van der Waals surface area (Å²) in [6.07, 6.45) is 1.61. The van der Waals surface area contributed by atoms with E-state index >= 15 is 0 Å². The minimum Gasteiger partial charge on any atom is -0.481 e. The van der Waals surface area contributed by atoms with Gasteiger partial charge in [-0.25, -0.2) is 0 Å². The van der Waals surface area contributed by atoms with Crippen molar-refractivity contribution in [1.82, 2.24) is 0 Å². The maximum atomic E-state index is 11.9. The second-order valence-corrected chi connectivity index (χ2v) is 4.73. The Morgan fingerprint density at radius 2 is 2.00 bits per heavy atom. The van der Waals surface area contributed by atoms with Crippen LogP contribution in [0.1, 0.15) is 18.4 Å². The van der Waals surface area contributed by atoms with Gasteiger partial charge >= 0.3 is 5.97 Å². The Kier molecular flexibility index (Phi) is 2.18. The van der Waals surface area contributed by atoms with E-state index in [1.165, 1.54) is 0 Å². The van der Waals surface area contributed by atoms with Gasteiger partial charge in [-0.15, -0.1) is 0 Å². The molecule has 1 aliphatic carbocycles. The number of carbonyl (C=O) groups excluding carboxylic acids is 1. The Labute approximate surface area is 98.9 Å². The minimum absolute atomic E-state index is 0.0762. The Bertz CT molecular complexity index is 491. The number of aliphatic carboxylic acids is 1. The number of hydrogen-bond acceptors (Lipinski definition) is 2. The third kappa shape index (κ3) is 1.52. The van der Waals surface area contributed by atoms with Gasteiger partial charge in [-0.3, -0.25) is 9.59 Å². The number of amides is 1. The number of anilines is 1. The SMILES string of the molecule is O=C(O)C1CC(N2C(=O)Cc3ccccc32)C1. The average molecular weight is 231 g/mol. The summed E-state index contributed by atoms with van der Waals surface area (Å²) >= 11 is 0. The number of rotatable bonds is 2. The highest BCUT2D eigenvalue weighted by Crippen LogP contribution is 2.39. The summed E-state index contributed by atoms with van der Waals surface area (Å²) in [6, 6.07) is 7.82. The number of hydrogen-bond donors (Lipinski definition) is 1. The van der Waals surface area contributed by atoms with Crippen molar-refractivity contribution in [1.29, 1.82) is 0 Å². The molecular weight excluding hydrogens is 218 g/mol. The predicted molar refractivity (Wildman–Crippen MR) is 61.8 cm³/mol. The zero-order valence-corrected chi connectivity index (χ0v) is 9.30. The summed E-state index contributed by atoms with van der Waals surface area (Å²) in [5.74, 6) is -0.929. The summed E-state index contributed by atoms with van der Waals surface area (Å²) in [6.45, 7) is 0. The van der Waals surface area contributed by atoms with Crippen LogP contribution in [0.5, 0.6) is 0 Å². The summed E-state index contributed by atoms with van der Waals surface area (Å²) < 4.78 is 0. The first-order valence-electron chi connectivity index (χ1n) is 5.79. The highest BCUT2D eigenvalue weighted by atomic mass is 16.4. The molecule has 0 unspecified atom stereocenters. The highest BCUT2D eigenvalue weighted by Gasteiger charge is 2.42. The van der Waals surface area contributed by atoms with Gasteiger partial charge in [0.1, 0.15) is 0 Å². The van der Waals surface area contributed by atoms with Crippen molar-refractivity contribution >= 4 is 17.6 Å². The van der Waals surface area contributed by atoms with Crippen LogP contribution in [0.15, 0.2) is 24.3 Å². The molecule has 1 N–H and O–H groups in total. The third-order valence-electron chi connectivity index (χ3n) is 3.69. The van der Waals surface area contributed by atoms with Gasteiger partial charge in [-0.1, -0.05) is 18.2 Å². The van der Waals surface area contributed by atoms with Crippen molar-refractivity contribution in [3.05, 3.63) is 29.8 Å². The highest BCUT2D eigenvalue weighted by molar-refractivity contribution is 6.02.